The number of aliphatic hydroxyl groups is 2. The highest BCUT2D eigenvalue weighted by atomic mass is 16.3. The van der Waals surface area contributed by atoms with E-state index in [9.17, 15) is 4.79 Å². The summed E-state index contributed by atoms with van der Waals surface area (Å²) in [5.74, 6) is -0.0462. The Bertz CT molecular complexity index is 293. The van der Waals surface area contributed by atoms with Crippen LogP contribution in [0.15, 0.2) is 18.3 Å². The van der Waals surface area contributed by atoms with Crippen molar-refractivity contribution in [2.75, 3.05) is 6.61 Å². The Morgan fingerprint density at radius 1 is 1.69 bits per heavy atom. The van der Waals surface area contributed by atoms with Gasteiger partial charge in [-0.1, -0.05) is 0 Å². The summed E-state index contributed by atoms with van der Waals surface area (Å²) in [6.45, 7) is 1.42. The summed E-state index contributed by atoms with van der Waals surface area (Å²) in [6.07, 6.45) is 0.890. The standard InChI is InChI=1S/C9H13NO3/c1-7(12)9-3-2-4-10(9)5-8(13)6-11/h2-4,8,11,13H,5-6H2,1H3. The minimum atomic E-state index is -0.814. The predicted octanol–water partition coefficient (Wildman–Crippen LogP) is 0.0439. The maximum absolute atomic E-state index is 11.0. The quantitative estimate of drug-likeness (QED) is 0.648. The van der Waals surface area contributed by atoms with Crippen molar-refractivity contribution in [1.29, 1.82) is 0 Å². The van der Waals surface area contributed by atoms with Crippen LogP contribution in [-0.2, 0) is 6.54 Å². The Balaban J connectivity index is 2.76. The SMILES string of the molecule is CC(=O)c1cccn1CC(O)CO. The normalized spacial score (nSPS) is 12.8. The van der Waals surface area contributed by atoms with Crippen molar-refractivity contribution < 1.29 is 15.0 Å². The smallest absolute Gasteiger partial charge is 0.176 e. The number of carbonyl (C=O) groups is 1. The number of hydrogen-bond acceptors (Lipinski definition) is 3. The van der Waals surface area contributed by atoms with Crippen LogP contribution in [0.1, 0.15) is 17.4 Å². The van der Waals surface area contributed by atoms with Gasteiger partial charge in [-0.15, -0.1) is 0 Å². The number of hydrogen-bond donors (Lipinski definition) is 2. The lowest BCUT2D eigenvalue weighted by atomic mass is 10.3. The molecule has 4 nitrogen and oxygen atoms in total. The molecule has 1 heterocycles. The number of aliphatic hydroxyl groups excluding tert-OH is 2. The topological polar surface area (TPSA) is 62.5 Å². The largest absolute Gasteiger partial charge is 0.394 e. The molecular formula is C9H13NO3. The van der Waals surface area contributed by atoms with Crippen LogP contribution in [0.3, 0.4) is 0 Å². The fraction of sp³-hybridized carbons (Fsp3) is 0.444. The molecule has 0 aromatic carbocycles. The molecule has 2 N–H and O–H groups in total. The molecule has 4 heteroatoms. The Morgan fingerprint density at radius 3 is 2.92 bits per heavy atom. The molecule has 0 aliphatic carbocycles. The van der Waals surface area contributed by atoms with E-state index in [1.54, 1.807) is 22.9 Å². The van der Waals surface area contributed by atoms with E-state index in [4.69, 9.17) is 10.2 Å². The minimum Gasteiger partial charge on any atom is -0.394 e. The van der Waals surface area contributed by atoms with Crippen molar-refractivity contribution in [3.63, 3.8) is 0 Å². The zero-order chi connectivity index (χ0) is 9.84. The Kier molecular flexibility index (Phi) is 3.22. The van der Waals surface area contributed by atoms with E-state index < -0.39 is 6.10 Å². The van der Waals surface area contributed by atoms with Crippen LogP contribution >= 0.6 is 0 Å². The number of nitrogens with zero attached hydrogens (tertiary/aromatic N) is 1. The first-order valence-corrected chi connectivity index (χ1v) is 4.10. The van der Waals surface area contributed by atoms with Gasteiger partial charge in [0.25, 0.3) is 0 Å². The lowest BCUT2D eigenvalue weighted by Gasteiger charge is -2.10. The van der Waals surface area contributed by atoms with E-state index in [-0.39, 0.29) is 18.9 Å². The first-order chi connectivity index (χ1) is 6.15. The third kappa shape index (κ3) is 2.40. The van der Waals surface area contributed by atoms with Gasteiger partial charge in [0.15, 0.2) is 5.78 Å². The zero-order valence-electron chi connectivity index (χ0n) is 7.47. The highest BCUT2D eigenvalue weighted by Gasteiger charge is 2.08. The fourth-order valence-corrected chi connectivity index (χ4v) is 1.18. The maximum Gasteiger partial charge on any atom is 0.176 e. The number of Topliss-reactive ketones (excluding diaryl/α,β-unsaturated/α-hetero) is 1. The summed E-state index contributed by atoms with van der Waals surface area (Å²) in [7, 11) is 0. The van der Waals surface area contributed by atoms with Crippen LogP contribution in [0.4, 0.5) is 0 Å². The molecule has 0 amide bonds. The van der Waals surface area contributed by atoms with Crippen molar-refractivity contribution in [3.8, 4) is 0 Å². The molecule has 1 unspecified atom stereocenters. The zero-order valence-corrected chi connectivity index (χ0v) is 7.47. The molecule has 0 spiro atoms. The summed E-state index contributed by atoms with van der Waals surface area (Å²) in [6, 6.07) is 3.42. The Labute approximate surface area is 76.4 Å². The van der Waals surface area contributed by atoms with Gasteiger partial charge in [-0.25, -0.2) is 0 Å². The van der Waals surface area contributed by atoms with E-state index in [2.05, 4.69) is 0 Å². The molecule has 13 heavy (non-hydrogen) atoms. The third-order valence-electron chi connectivity index (χ3n) is 1.81. The second-order valence-corrected chi connectivity index (χ2v) is 2.94. The average Bonchev–Trinajstić information content (AvgIpc) is 2.52. The van der Waals surface area contributed by atoms with Crippen molar-refractivity contribution in [1.82, 2.24) is 4.57 Å². The summed E-state index contributed by atoms with van der Waals surface area (Å²) in [5, 5.41) is 17.8. The molecule has 1 rings (SSSR count). The van der Waals surface area contributed by atoms with Crippen LogP contribution in [0, 0.1) is 0 Å². The summed E-state index contributed by atoms with van der Waals surface area (Å²) >= 11 is 0. The van der Waals surface area contributed by atoms with Crippen molar-refractivity contribution >= 4 is 5.78 Å². The number of rotatable bonds is 4. The van der Waals surface area contributed by atoms with E-state index in [0.29, 0.717) is 5.69 Å². The first kappa shape index (κ1) is 9.95. The molecule has 0 aliphatic rings. The minimum absolute atomic E-state index is 0.0462. The Hall–Kier alpha value is -1.13. The van der Waals surface area contributed by atoms with Crippen LogP contribution in [-0.4, -0.2) is 33.3 Å². The van der Waals surface area contributed by atoms with Crippen LogP contribution in [0.2, 0.25) is 0 Å². The summed E-state index contributed by atoms with van der Waals surface area (Å²) in [4.78, 5) is 11.0. The molecule has 0 radical (unpaired) electrons. The second-order valence-electron chi connectivity index (χ2n) is 2.94. The van der Waals surface area contributed by atoms with Gasteiger partial charge in [0.2, 0.25) is 0 Å². The fourth-order valence-electron chi connectivity index (χ4n) is 1.18. The average molecular weight is 183 g/mol. The summed E-state index contributed by atoms with van der Waals surface area (Å²) in [5.41, 5.74) is 0.549. The van der Waals surface area contributed by atoms with Gasteiger partial charge in [0.1, 0.15) is 0 Å². The third-order valence-corrected chi connectivity index (χ3v) is 1.81. The van der Waals surface area contributed by atoms with Crippen LogP contribution in [0.5, 0.6) is 0 Å². The molecule has 0 saturated heterocycles. The molecule has 0 fully saturated rings. The predicted molar refractivity (Wildman–Crippen MR) is 47.5 cm³/mol. The van der Waals surface area contributed by atoms with Gasteiger partial charge in [-0.2, -0.15) is 0 Å². The van der Waals surface area contributed by atoms with Gasteiger partial charge >= 0.3 is 0 Å². The lowest BCUT2D eigenvalue weighted by Crippen LogP contribution is -2.21. The van der Waals surface area contributed by atoms with E-state index in [1.165, 1.54) is 6.92 Å². The summed E-state index contributed by atoms with van der Waals surface area (Å²) < 4.78 is 1.63. The van der Waals surface area contributed by atoms with Crippen LogP contribution < -0.4 is 0 Å². The molecule has 1 aromatic heterocycles. The molecule has 1 aromatic rings. The van der Waals surface area contributed by atoms with Gasteiger partial charge in [0, 0.05) is 13.1 Å². The molecule has 72 valence electrons. The highest BCUT2D eigenvalue weighted by molar-refractivity contribution is 5.92. The van der Waals surface area contributed by atoms with E-state index in [1.807, 2.05) is 0 Å². The molecular weight excluding hydrogens is 170 g/mol. The molecule has 1 atom stereocenters. The van der Waals surface area contributed by atoms with E-state index in [0.717, 1.165) is 0 Å². The first-order valence-electron chi connectivity index (χ1n) is 4.10. The number of aromatic nitrogens is 1. The van der Waals surface area contributed by atoms with Crippen molar-refractivity contribution in [3.05, 3.63) is 24.0 Å². The maximum atomic E-state index is 11.0. The van der Waals surface area contributed by atoms with Gasteiger partial charge in [-0.05, 0) is 12.1 Å². The lowest BCUT2D eigenvalue weighted by molar-refractivity contribution is 0.0795. The number of ketones is 1. The van der Waals surface area contributed by atoms with Gasteiger partial charge < -0.3 is 14.8 Å². The Morgan fingerprint density at radius 2 is 2.38 bits per heavy atom. The number of carbonyl (C=O) groups excluding carboxylic acids is 1. The van der Waals surface area contributed by atoms with E-state index >= 15 is 0 Å². The van der Waals surface area contributed by atoms with Gasteiger partial charge in [0.05, 0.1) is 24.9 Å². The van der Waals surface area contributed by atoms with Crippen molar-refractivity contribution in [2.45, 2.75) is 19.6 Å². The molecule has 0 aliphatic heterocycles. The highest BCUT2D eigenvalue weighted by Crippen LogP contribution is 2.04. The van der Waals surface area contributed by atoms with Gasteiger partial charge in [-0.3, -0.25) is 4.79 Å². The monoisotopic (exact) mass is 183 g/mol. The molecule has 0 bridgehead atoms. The second kappa shape index (κ2) is 4.20. The molecule has 0 saturated carbocycles. The van der Waals surface area contributed by atoms with Crippen molar-refractivity contribution in [2.24, 2.45) is 0 Å². The van der Waals surface area contributed by atoms with Crippen LogP contribution in [0.25, 0.3) is 0 Å².